The molecule has 1 saturated heterocycles. The highest BCUT2D eigenvalue weighted by Crippen LogP contribution is 2.32. The molecule has 0 radical (unpaired) electrons. The van der Waals surface area contributed by atoms with Crippen molar-refractivity contribution in [2.24, 2.45) is 0 Å². The standard InChI is InChI=1S/C9H10O3/c1-11-9(10)5-6-4-7-2-3-8(6)12-7/h2-3,5,7-8H,4H2,1H3/b6-5-/t7-,8+/m0/s1. The zero-order valence-corrected chi connectivity index (χ0v) is 6.82. The monoisotopic (exact) mass is 166 g/mol. The van der Waals surface area contributed by atoms with Gasteiger partial charge in [0.25, 0.3) is 0 Å². The first-order chi connectivity index (χ1) is 5.79. The molecule has 0 unspecified atom stereocenters. The lowest BCUT2D eigenvalue weighted by molar-refractivity contribution is -0.134. The Morgan fingerprint density at radius 3 is 3.08 bits per heavy atom. The smallest absolute Gasteiger partial charge is 0.330 e. The van der Waals surface area contributed by atoms with E-state index in [1.54, 1.807) is 0 Å². The maximum Gasteiger partial charge on any atom is 0.330 e. The first kappa shape index (κ1) is 7.55. The Hall–Kier alpha value is -1.09. The van der Waals surface area contributed by atoms with Crippen molar-refractivity contribution in [2.45, 2.75) is 18.6 Å². The van der Waals surface area contributed by atoms with Gasteiger partial charge in [-0.2, -0.15) is 0 Å². The van der Waals surface area contributed by atoms with Crippen molar-refractivity contribution in [1.82, 2.24) is 0 Å². The maximum absolute atomic E-state index is 10.9. The summed E-state index contributed by atoms with van der Waals surface area (Å²) < 4.78 is 9.97. The zero-order valence-electron chi connectivity index (χ0n) is 6.82. The molecule has 0 aromatic rings. The van der Waals surface area contributed by atoms with Crippen LogP contribution < -0.4 is 0 Å². The predicted molar refractivity (Wildman–Crippen MR) is 42.5 cm³/mol. The van der Waals surface area contributed by atoms with Gasteiger partial charge < -0.3 is 9.47 Å². The van der Waals surface area contributed by atoms with Crippen LogP contribution in [0.15, 0.2) is 23.8 Å². The van der Waals surface area contributed by atoms with E-state index in [1.165, 1.54) is 13.2 Å². The second-order valence-corrected chi connectivity index (χ2v) is 2.93. The summed E-state index contributed by atoms with van der Waals surface area (Å²) in [6, 6.07) is 0. The van der Waals surface area contributed by atoms with Crippen LogP contribution in [0, 0.1) is 0 Å². The lowest BCUT2D eigenvalue weighted by Gasteiger charge is -2.03. The summed E-state index contributed by atoms with van der Waals surface area (Å²) >= 11 is 0. The van der Waals surface area contributed by atoms with Gasteiger partial charge in [-0.1, -0.05) is 12.2 Å². The summed E-state index contributed by atoms with van der Waals surface area (Å²) in [7, 11) is 1.38. The fourth-order valence-electron chi connectivity index (χ4n) is 1.53. The zero-order chi connectivity index (χ0) is 8.55. The van der Waals surface area contributed by atoms with Crippen LogP contribution in [0.5, 0.6) is 0 Å². The molecule has 3 heteroatoms. The van der Waals surface area contributed by atoms with Crippen LogP contribution in [0.25, 0.3) is 0 Å². The third-order valence-corrected chi connectivity index (χ3v) is 2.13. The third kappa shape index (κ3) is 1.16. The number of fused-ring (bicyclic) bond motifs is 2. The normalized spacial score (nSPS) is 34.6. The molecular weight excluding hydrogens is 156 g/mol. The molecule has 3 nitrogen and oxygen atoms in total. The summed E-state index contributed by atoms with van der Waals surface area (Å²) in [5, 5.41) is 0. The fourth-order valence-corrected chi connectivity index (χ4v) is 1.53. The van der Waals surface area contributed by atoms with Gasteiger partial charge in [-0.05, 0) is 5.57 Å². The summed E-state index contributed by atoms with van der Waals surface area (Å²) in [6.07, 6.45) is 6.56. The number of rotatable bonds is 1. The molecule has 2 aliphatic rings. The Morgan fingerprint density at radius 2 is 2.58 bits per heavy atom. The van der Waals surface area contributed by atoms with E-state index in [-0.39, 0.29) is 18.2 Å². The molecule has 2 bridgehead atoms. The molecule has 0 spiro atoms. The van der Waals surface area contributed by atoms with Crippen LogP contribution in [0.4, 0.5) is 0 Å². The fraction of sp³-hybridized carbons (Fsp3) is 0.444. The third-order valence-electron chi connectivity index (χ3n) is 2.13. The van der Waals surface area contributed by atoms with Crippen molar-refractivity contribution in [3.63, 3.8) is 0 Å². The van der Waals surface area contributed by atoms with Crippen LogP contribution in [0.3, 0.4) is 0 Å². The van der Waals surface area contributed by atoms with Gasteiger partial charge in [0.1, 0.15) is 0 Å². The minimum absolute atomic E-state index is 0.0223. The minimum atomic E-state index is -0.297. The molecule has 1 fully saturated rings. The van der Waals surface area contributed by atoms with E-state index in [4.69, 9.17) is 4.74 Å². The largest absolute Gasteiger partial charge is 0.466 e. The number of carbonyl (C=O) groups excluding carboxylic acids is 1. The van der Waals surface area contributed by atoms with Gasteiger partial charge in [0.05, 0.1) is 19.3 Å². The highest BCUT2D eigenvalue weighted by molar-refractivity contribution is 5.83. The van der Waals surface area contributed by atoms with E-state index in [1.807, 2.05) is 12.2 Å². The lowest BCUT2D eigenvalue weighted by atomic mass is 10.0. The van der Waals surface area contributed by atoms with Crippen molar-refractivity contribution < 1.29 is 14.3 Å². The molecule has 2 heterocycles. The van der Waals surface area contributed by atoms with Crippen LogP contribution in [0.1, 0.15) is 6.42 Å². The topological polar surface area (TPSA) is 35.5 Å². The second kappa shape index (κ2) is 2.75. The maximum atomic E-state index is 10.9. The first-order valence-corrected chi connectivity index (χ1v) is 3.92. The van der Waals surface area contributed by atoms with Crippen molar-refractivity contribution in [2.75, 3.05) is 7.11 Å². The van der Waals surface area contributed by atoms with Gasteiger partial charge in [0.2, 0.25) is 0 Å². The summed E-state index contributed by atoms with van der Waals surface area (Å²) in [6.45, 7) is 0. The predicted octanol–water partition coefficient (Wildman–Crippen LogP) is 0.813. The molecule has 12 heavy (non-hydrogen) atoms. The molecule has 64 valence electrons. The Morgan fingerprint density at radius 1 is 1.75 bits per heavy atom. The molecule has 0 amide bonds. The quantitative estimate of drug-likeness (QED) is 0.328. The number of esters is 1. The Labute approximate surface area is 70.7 Å². The highest BCUT2D eigenvalue weighted by atomic mass is 16.5. The van der Waals surface area contributed by atoms with Crippen molar-refractivity contribution in [3.05, 3.63) is 23.8 Å². The van der Waals surface area contributed by atoms with Gasteiger partial charge in [-0.3, -0.25) is 0 Å². The average Bonchev–Trinajstić information content (AvgIpc) is 2.64. The van der Waals surface area contributed by atoms with E-state index in [9.17, 15) is 4.79 Å². The van der Waals surface area contributed by atoms with Gasteiger partial charge in [-0.25, -0.2) is 4.79 Å². The minimum Gasteiger partial charge on any atom is -0.466 e. The molecule has 2 aliphatic heterocycles. The molecule has 2 atom stereocenters. The van der Waals surface area contributed by atoms with Gasteiger partial charge >= 0.3 is 5.97 Å². The summed E-state index contributed by atoms with van der Waals surface area (Å²) in [4.78, 5) is 10.9. The average molecular weight is 166 g/mol. The van der Waals surface area contributed by atoms with E-state index in [0.29, 0.717) is 0 Å². The summed E-state index contributed by atoms with van der Waals surface area (Å²) in [5.74, 6) is -0.297. The Kier molecular flexibility index (Phi) is 1.73. The number of carbonyl (C=O) groups is 1. The molecule has 0 N–H and O–H groups in total. The Balaban J connectivity index is 2.12. The molecule has 0 aromatic heterocycles. The summed E-state index contributed by atoms with van der Waals surface area (Å²) in [5.41, 5.74) is 1.02. The second-order valence-electron chi connectivity index (χ2n) is 2.93. The van der Waals surface area contributed by atoms with Crippen LogP contribution in [0.2, 0.25) is 0 Å². The Bertz CT molecular complexity index is 265. The number of hydrogen-bond donors (Lipinski definition) is 0. The lowest BCUT2D eigenvalue weighted by Crippen LogP contribution is -2.04. The number of ether oxygens (including phenoxy) is 2. The van der Waals surface area contributed by atoms with E-state index < -0.39 is 0 Å². The molecule has 2 rings (SSSR count). The molecule has 0 aromatic carbocycles. The number of methoxy groups -OCH3 is 1. The number of hydrogen-bond acceptors (Lipinski definition) is 3. The SMILES string of the molecule is COC(=O)/C=C1/C[C@@H]2C=C[C@H]1O2. The highest BCUT2D eigenvalue weighted by Gasteiger charge is 2.31. The van der Waals surface area contributed by atoms with Crippen molar-refractivity contribution in [1.29, 1.82) is 0 Å². The molecule has 0 aliphatic carbocycles. The van der Waals surface area contributed by atoms with Gasteiger partial charge in [-0.15, -0.1) is 0 Å². The van der Waals surface area contributed by atoms with Gasteiger partial charge in [0, 0.05) is 12.5 Å². The van der Waals surface area contributed by atoms with Crippen LogP contribution in [-0.4, -0.2) is 25.3 Å². The van der Waals surface area contributed by atoms with Crippen molar-refractivity contribution >= 4 is 5.97 Å². The molecule has 0 saturated carbocycles. The van der Waals surface area contributed by atoms with E-state index in [0.717, 1.165) is 12.0 Å². The first-order valence-electron chi connectivity index (χ1n) is 3.92. The van der Waals surface area contributed by atoms with Crippen LogP contribution in [-0.2, 0) is 14.3 Å². The van der Waals surface area contributed by atoms with E-state index in [2.05, 4.69) is 4.74 Å². The van der Waals surface area contributed by atoms with Crippen LogP contribution >= 0.6 is 0 Å². The van der Waals surface area contributed by atoms with Crippen molar-refractivity contribution in [3.8, 4) is 0 Å². The van der Waals surface area contributed by atoms with Gasteiger partial charge in [0.15, 0.2) is 0 Å². The van der Waals surface area contributed by atoms with E-state index >= 15 is 0 Å². The molecular formula is C9H10O3.